The Hall–Kier alpha value is -1.85. The minimum absolute atomic E-state index is 0.353. The number of aromatic nitrogens is 1. The van der Waals surface area contributed by atoms with Crippen LogP contribution in [0.15, 0.2) is 65.1 Å². The van der Waals surface area contributed by atoms with Crippen molar-refractivity contribution in [3.05, 3.63) is 66.5 Å². The van der Waals surface area contributed by atoms with E-state index in [4.69, 9.17) is 0 Å². The van der Waals surface area contributed by atoms with Crippen LogP contribution >= 0.6 is 11.3 Å². The van der Waals surface area contributed by atoms with Gasteiger partial charge in [0, 0.05) is 17.3 Å². The fraction of sp³-hybridized carbons (Fsp3) is 0.176. The SMILES string of the molecule is CC(C)c1ccc(-c2ccc(S(=O)(=O)n3cccc3)s2)cc1. The third kappa shape index (κ3) is 2.74. The quantitative estimate of drug-likeness (QED) is 0.702. The van der Waals surface area contributed by atoms with Crippen LogP contribution in [0.2, 0.25) is 0 Å². The molecule has 0 unspecified atom stereocenters. The molecule has 0 aliphatic carbocycles. The Morgan fingerprint density at radius 3 is 2.18 bits per heavy atom. The molecule has 0 aliphatic rings. The molecule has 5 heteroatoms. The van der Waals surface area contributed by atoms with Crippen LogP contribution in [0.25, 0.3) is 10.4 Å². The topological polar surface area (TPSA) is 39.1 Å². The summed E-state index contributed by atoms with van der Waals surface area (Å²) in [4.78, 5) is 0.959. The normalized spacial score (nSPS) is 12.0. The third-order valence-electron chi connectivity index (χ3n) is 3.55. The lowest BCUT2D eigenvalue weighted by molar-refractivity contribution is 0.589. The van der Waals surface area contributed by atoms with Gasteiger partial charge in [0.05, 0.1) is 0 Å². The van der Waals surface area contributed by atoms with E-state index in [-0.39, 0.29) is 0 Å². The highest BCUT2D eigenvalue weighted by molar-refractivity contribution is 7.92. The van der Waals surface area contributed by atoms with E-state index in [0.29, 0.717) is 10.1 Å². The Kier molecular flexibility index (Phi) is 3.93. The molecule has 3 nitrogen and oxygen atoms in total. The van der Waals surface area contributed by atoms with Crippen molar-refractivity contribution in [2.24, 2.45) is 0 Å². The molecule has 0 aliphatic heterocycles. The highest BCUT2D eigenvalue weighted by atomic mass is 32.2. The minimum Gasteiger partial charge on any atom is -0.248 e. The van der Waals surface area contributed by atoms with E-state index in [9.17, 15) is 8.42 Å². The fourth-order valence-corrected chi connectivity index (χ4v) is 4.83. The first-order valence-electron chi connectivity index (χ1n) is 7.07. The van der Waals surface area contributed by atoms with Crippen molar-refractivity contribution in [3.63, 3.8) is 0 Å². The van der Waals surface area contributed by atoms with E-state index >= 15 is 0 Å². The van der Waals surface area contributed by atoms with Crippen LogP contribution in [-0.4, -0.2) is 12.4 Å². The third-order valence-corrected chi connectivity index (χ3v) is 6.81. The summed E-state index contributed by atoms with van der Waals surface area (Å²) in [5.41, 5.74) is 2.32. The molecule has 0 bridgehead atoms. The van der Waals surface area contributed by atoms with Crippen LogP contribution in [0.3, 0.4) is 0 Å². The van der Waals surface area contributed by atoms with Crippen LogP contribution in [0.5, 0.6) is 0 Å². The highest BCUT2D eigenvalue weighted by Gasteiger charge is 2.18. The molecule has 2 aromatic heterocycles. The molecule has 1 aromatic carbocycles. The van der Waals surface area contributed by atoms with Gasteiger partial charge >= 0.3 is 0 Å². The lowest BCUT2D eigenvalue weighted by atomic mass is 10.0. The molecule has 3 rings (SSSR count). The van der Waals surface area contributed by atoms with Crippen molar-refractivity contribution in [1.29, 1.82) is 0 Å². The summed E-state index contributed by atoms with van der Waals surface area (Å²) in [5, 5.41) is 0. The van der Waals surface area contributed by atoms with Gasteiger partial charge in [-0.15, -0.1) is 11.3 Å². The summed E-state index contributed by atoms with van der Waals surface area (Å²) < 4.78 is 26.5. The maximum Gasteiger partial charge on any atom is 0.277 e. The summed E-state index contributed by atoms with van der Waals surface area (Å²) in [7, 11) is -3.47. The molecule has 0 fully saturated rings. The summed E-state index contributed by atoms with van der Waals surface area (Å²) in [6.45, 7) is 4.31. The highest BCUT2D eigenvalue weighted by Crippen LogP contribution is 2.32. The summed E-state index contributed by atoms with van der Waals surface area (Å²) in [6, 6.07) is 15.2. The van der Waals surface area contributed by atoms with E-state index in [1.54, 1.807) is 30.6 Å². The first-order valence-corrected chi connectivity index (χ1v) is 9.33. The average molecular weight is 331 g/mol. The van der Waals surface area contributed by atoms with Gasteiger partial charge in [0.25, 0.3) is 10.0 Å². The van der Waals surface area contributed by atoms with Gasteiger partial charge in [-0.1, -0.05) is 38.1 Å². The number of nitrogens with zero attached hydrogens (tertiary/aromatic N) is 1. The van der Waals surface area contributed by atoms with Crippen molar-refractivity contribution in [2.45, 2.75) is 24.0 Å². The molecular formula is C17H17NO2S2. The van der Waals surface area contributed by atoms with Gasteiger partial charge in [-0.25, -0.2) is 3.97 Å². The van der Waals surface area contributed by atoms with Crippen LogP contribution in [0.4, 0.5) is 0 Å². The van der Waals surface area contributed by atoms with Crippen molar-refractivity contribution in [2.75, 3.05) is 0 Å². The van der Waals surface area contributed by atoms with Gasteiger partial charge in [0.15, 0.2) is 0 Å². The zero-order valence-electron chi connectivity index (χ0n) is 12.4. The average Bonchev–Trinajstić information content (AvgIpc) is 3.19. The monoisotopic (exact) mass is 331 g/mol. The van der Waals surface area contributed by atoms with Crippen LogP contribution < -0.4 is 0 Å². The molecule has 0 amide bonds. The molecule has 0 N–H and O–H groups in total. The van der Waals surface area contributed by atoms with Crippen molar-refractivity contribution in [3.8, 4) is 10.4 Å². The van der Waals surface area contributed by atoms with Crippen molar-refractivity contribution < 1.29 is 8.42 Å². The van der Waals surface area contributed by atoms with Crippen molar-refractivity contribution >= 4 is 21.4 Å². The van der Waals surface area contributed by atoms with E-state index < -0.39 is 10.0 Å². The van der Waals surface area contributed by atoms with E-state index in [1.165, 1.54) is 20.9 Å². The summed E-state index contributed by atoms with van der Waals surface area (Å²) in [6.07, 6.45) is 3.10. The van der Waals surface area contributed by atoms with Crippen LogP contribution in [0.1, 0.15) is 25.3 Å². The first-order chi connectivity index (χ1) is 10.5. The van der Waals surface area contributed by atoms with Gasteiger partial charge in [-0.2, -0.15) is 8.42 Å². The Bertz CT molecular complexity index is 858. The lowest BCUT2D eigenvalue weighted by Crippen LogP contribution is -2.08. The van der Waals surface area contributed by atoms with Crippen LogP contribution in [-0.2, 0) is 10.0 Å². The molecule has 0 saturated heterocycles. The summed E-state index contributed by atoms with van der Waals surface area (Å²) >= 11 is 1.30. The zero-order chi connectivity index (χ0) is 15.7. The number of rotatable bonds is 4. The standard InChI is InChI=1S/C17H17NO2S2/c1-13(2)14-5-7-15(8-6-14)16-9-10-17(21-16)22(19,20)18-11-3-4-12-18/h3-13H,1-2H3. The number of hydrogen-bond acceptors (Lipinski definition) is 3. The molecule has 0 atom stereocenters. The Morgan fingerprint density at radius 1 is 0.955 bits per heavy atom. The van der Waals surface area contributed by atoms with Gasteiger partial charge in [0.1, 0.15) is 4.21 Å². The van der Waals surface area contributed by atoms with E-state index in [0.717, 1.165) is 10.4 Å². The number of thiophene rings is 1. The predicted molar refractivity (Wildman–Crippen MR) is 90.9 cm³/mol. The fourth-order valence-electron chi connectivity index (χ4n) is 2.23. The number of benzene rings is 1. The molecule has 3 aromatic rings. The largest absolute Gasteiger partial charge is 0.277 e. The molecule has 22 heavy (non-hydrogen) atoms. The van der Waals surface area contributed by atoms with Gasteiger partial charge in [-0.3, -0.25) is 0 Å². The maximum absolute atomic E-state index is 12.5. The zero-order valence-corrected chi connectivity index (χ0v) is 14.1. The second kappa shape index (κ2) is 5.74. The molecule has 0 saturated carbocycles. The second-order valence-corrected chi connectivity index (χ2v) is 8.57. The second-order valence-electron chi connectivity index (χ2n) is 5.41. The molecule has 2 heterocycles. The first kappa shape index (κ1) is 15.1. The summed E-state index contributed by atoms with van der Waals surface area (Å²) in [5.74, 6) is 0.488. The number of hydrogen-bond donors (Lipinski definition) is 0. The smallest absolute Gasteiger partial charge is 0.248 e. The predicted octanol–water partition coefficient (Wildman–Crippen LogP) is 4.58. The molecular weight excluding hydrogens is 314 g/mol. The van der Waals surface area contributed by atoms with Gasteiger partial charge < -0.3 is 0 Å². The maximum atomic E-state index is 12.5. The molecule has 0 spiro atoms. The van der Waals surface area contributed by atoms with Crippen LogP contribution in [0, 0.1) is 0 Å². The van der Waals surface area contributed by atoms with Crippen molar-refractivity contribution in [1.82, 2.24) is 3.97 Å². The molecule has 0 radical (unpaired) electrons. The minimum atomic E-state index is -3.47. The van der Waals surface area contributed by atoms with Gasteiger partial charge in [0.2, 0.25) is 0 Å². The Labute approximate surface area is 134 Å². The Balaban J connectivity index is 1.94. The van der Waals surface area contributed by atoms with E-state index in [1.807, 2.05) is 18.2 Å². The lowest BCUT2D eigenvalue weighted by Gasteiger charge is -2.05. The van der Waals surface area contributed by atoms with E-state index in [2.05, 4.69) is 26.0 Å². The van der Waals surface area contributed by atoms with Gasteiger partial charge in [-0.05, 0) is 41.3 Å². The Morgan fingerprint density at radius 2 is 1.59 bits per heavy atom. The molecule has 114 valence electrons.